The molecule has 100 heavy (non-hydrogen) atoms. The van der Waals surface area contributed by atoms with Crippen LogP contribution in [0.1, 0.15) is 201 Å². The van der Waals surface area contributed by atoms with Crippen molar-refractivity contribution in [3.63, 3.8) is 0 Å². The topological polar surface area (TPSA) is 543 Å². The van der Waals surface area contributed by atoms with E-state index in [1.54, 1.807) is 48.5 Å². The molecular weight excluding hydrogens is 1300 g/mol. The molecule has 33 nitrogen and oxygen atoms in total. The summed E-state index contributed by atoms with van der Waals surface area (Å²) in [6.07, 6.45) is 2.43. The molecule has 572 valence electrons. The summed E-state index contributed by atoms with van der Waals surface area (Å²) in [5.41, 5.74) is 28.5. The average molecular weight is 1420 g/mol. The minimum Gasteiger partial charge on any atom is -0.370 e. The number of nitrogens with one attached hydrogen (secondary N) is 13. The van der Waals surface area contributed by atoms with Gasteiger partial charge in [-0.1, -0.05) is 89.5 Å². The molecule has 0 saturated carbocycles. The van der Waals surface area contributed by atoms with E-state index in [2.05, 4.69) is 69.1 Å². The van der Waals surface area contributed by atoms with Crippen LogP contribution < -0.4 is 97.8 Å². The molecule has 0 heterocycles. The van der Waals surface area contributed by atoms with Crippen molar-refractivity contribution in [1.82, 2.24) is 69.1 Å². The second kappa shape index (κ2) is 47.1. The van der Waals surface area contributed by atoms with Gasteiger partial charge in [0.1, 0.15) is 78.5 Å². The lowest BCUT2D eigenvalue weighted by Crippen LogP contribution is -2.60. The van der Waals surface area contributed by atoms with Gasteiger partial charge in [0.25, 0.3) is 0 Å². The van der Waals surface area contributed by atoms with Gasteiger partial charge < -0.3 is 97.8 Å². The Morgan fingerprint density at radius 1 is 0.280 bits per heavy atom. The van der Waals surface area contributed by atoms with Gasteiger partial charge >= 0.3 is 0 Å². The smallest absolute Gasteiger partial charge is 0.243 e. The Morgan fingerprint density at radius 2 is 0.500 bits per heavy atom. The second-order valence-electron chi connectivity index (χ2n) is 28.3. The van der Waals surface area contributed by atoms with E-state index in [0.717, 1.165) is 0 Å². The van der Waals surface area contributed by atoms with Gasteiger partial charge in [-0.05, 0) is 154 Å². The number of unbranched alkanes of at least 4 members (excludes halogenated alkanes) is 2. The van der Waals surface area contributed by atoms with E-state index in [4.69, 9.17) is 28.7 Å². The van der Waals surface area contributed by atoms with Crippen LogP contribution in [0.15, 0.2) is 0 Å². The van der Waals surface area contributed by atoms with Crippen LogP contribution in [0.4, 0.5) is 0 Å². The summed E-state index contributed by atoms with van der Waals surface area (Å²) in [4.78, 5) is 202. The minimum atomic E-state index is -1.48. The SMILES string of the molecule is CCC(C)C(N)C(=O)NC(CC(N)=O)C(=O)NC(CC(C)C)C(=O)NC(CCCCN)C(=O)NC(C)C(=O)NC(CC(C)C)C(=O)NC(C)C(=O)NC(C)C(=O)NC(CC(C)C)C(=O)NC(C)C(=O)NC(CCCCN)C(=O)NC(C)C(=O)NC(CC(C)C)C(=O)NC(CC(C)C)C(N)=O. The molecule has 0 aliphatic rings. The van der Waals surface area contributed by atoms with Crippen LogP contribution in [0.5, 0.6) is 0 Å². The Kier molecular flexibility index (Phi) is 43.3. The molecule has 0 fully saturated rings. The van der Waals surface area contributed by atoms with E-state index in [0.29, 0.717) is 32.1 Å². The van der Waals surface area contributed by atoms with Crippen LogP contribution in [-0.4, -0.2) is 186 Å². The predicted octanol–water partition coefficient (Wildman–Crippen LogP) is -2.39. The van der Waals surface area contributed by atoms with Crippen LogP contribution >= 0.6 is 0 Å². The van der Waals surface area contributed by atoms with Gasteiger partial charge in [-0.15, -0.1) is 0 Å². The maximum absolute atomic E-state index is 14.0. The number of hydrogen-bond donors (Lipinski definition) is 18. The Hall–Kier alpha value is -8.07. The molecular formula is C67H124N18O15. The highest BCUT2D eigenvalue weighted by atomic mass is 16.2. The van der Waals surface area contributed by atoms with Crippen LogP contribution in [0.25, 0.3) is 0 Å². The van der Waals surface area contributed by atoms with Crippen LogP contribution in [0, 0.1) is 35.5 Å². The maximum Gasteiger partial charge on any atom is 0.243 e. The maximum atomic E-state index is 14.0. The third-order valence-electron chi connectivity index (χ3n) is 16.2. The van der Waals surface area contributed by atoms with E-state index in [-0.39, 0.29) is 93.5 Å². The van der Waals surface area contributed by atoms with E-state index in [1.807, 2.05) is 34.6 Å². The fourth-order valence-corrected chi connectivity index (χ4v) is 10.2. The number of rotatable bonds is 49. The molecule has 33 heteroatoms. The lowest BCUT2D eigenvalue weighted by atomic mass is 9.98. The highest BCUT2D eigenvalue weighted by Crippen LogP contribution is 2.14. The number of hydrogen-bond acceptors (Lipinski definition) is 18. The molecule has 0 aromatic carbocycles. The first-order valence-corrected chi connectivity index (χ1v) is 35.2. The Labute approximate surface area is 590 Å². The first-order valence-electron chi connectivity index (χ1n) is 35.2. The predicted molar refractivity (Wildman–Crippen MR) is 377 cm³/mol. The fourth-order valence-electron chi connectivity index (χ4n) is 10.2. The van der Waals surface area contributed by atoms with Crippen molar-refractivity contribution in [1.29, 1.82) is 0 Å². The number of nitrogens with two attached hydrogens (primary N) is 5. The largest absolute Gasteiger partial charge is 0.370 e. The van der Waals surface area contributed by atoms with Crippen LogP contribution in [0.3, 0.4) is 0 Å². The molecule has 0 aliphatic carbocycles. The van der Waals surface area contributed by atoms with Gasteiger partial charge in [-0.2, -0.15) is 0 Å². The summed E-state index contributed by atoms with van der Waals surface area (Å²) in [6.45, 7) is 29.0. The van der Waals surface area contributed by atoms with Crippen molar-refractivity contribution in [2.75, 3.05) is 13.1 Å². The first-order chi connectivity index (χ1) is 46.5. The third kappa shape index (κ3) is 36.3. The summed E-state index contributed by atoms with van der Waals surface area (Å²) >= 11 is 0. The van der Waals surface area contributed by atoms with Gasteiger partial charge in [0.2, 0.25) is 88.6 Å². The summed E-state index contributed by atoms with van der Waals surface area (Å²) in [6, 6.07) is -17.2. The number of primary amides is 2. The standard InChI is InChI=1S/C67H124N18O15/c1-18-38(12)53(71)67(100)85-51(32-52(70)86)66(99)84-50(31-37(10)11)64(97)79-45(24-20-22-26-69)61(94)75-42(16)58(91)82-47(28-34(4)5)62(95)76-39(13)55(88)73-40(14)57(90)81-48(29-35(6)7)63(96)77-41(15)56(89)78-44(23-19-21-25-68)60(93)74-43(17)59(92)83-49(30-36(8)9)65(98)80-46(54(72)87)27-33(2)3/h33-51,53H,18-32,68-69,71H2,1-17H3,(H2,70,86)(H2,72,87)(H,73,88)(H,74,93)(H,75,94)(H,76,95)(H,77,96)(H,78,89)(H,79,97)(H,80,98)(H,81,90)(H,82,91)(H,83,92)(H,84,99)(H,85,100). The van der Waals surface area contributed by atoms with Gasteiger partial charge in [0.15, 0.2) is 0 Å². The van der Waals surface area contributed by atoms with Crippen molar-refractivity contribution in [2.24, 2.45) is 64.2 Å². The fraction of sp³-hybridized carbons (Fsp3) is 0.776. The quantitative estimate of drug-likeness (QED) is 0.0283. The van der Waals surface area contributed by atoms with Crippen molar-refractivity contribution in [3.8, 4) is 0 Å². The Balaban J connectivity index is 6.20. The molecule has 0 aliphatic heterocycles. The summed E-state index contributed by atoms with van der Waals surface area (Å²) in [5, 5.41) is 33.7. The molecule has 0 radical (unpaired) electrons. The molecule has 0 saturated heterocycles. The summed E-state index contributed by atoms with van der Waals surface area (Å²) < 4.78 is 0. The average Bonchev–Trinajstić information content (AvgIpc) is 0.872. The van der Waals surface area contributed by atoms with E-state index >= 15 is 0 Å². The van der Waals surface area contributed by atoms with E-state index < -0.39 is 180 Å². The Morgan fingerprint density at radius 3 is 0.780 bits per heavy atom. The molecule has 15 amide bonds. The van der Waals surface area contributed by atoms with Gasteiger partial charge in [0.05, 0.1) is 12.5 Å². The minimum absolute atomic E-state index is 0.0208. The monoisotopic (exact) mass is 1420 g/mol. The number of carbonyl (C=O) groups is 15. The molecule has 15 atom stereocenters. The van der Waals surface area contributed by atoms with Crippen molar-refractivity contribution in [2.45, 2.75) is 286 Å². The van der Waals surface area contributed by atoms with Gasteiger partial charge in [0, 0.05) is 0 Å². The zero-order valence-corrected chi connectivity index (χ0v) is 62.2. The lowest BCUT2D eigenvalue weighted by Gasteiger charge is -2.28. The van der Waals surface area contributed by atoms with Gasteiger partial charge in [-0.25, -0.2) is 0 Å². The third-order valence-corrected chi connectivity index (χ3v) is 16.2. The second-order valence-corrected chi connectivity index (χ2v) is 28.3. The van der Waals surface area contributed by atoms with Crippen molar-refractivity contribution >= 4 is 88.6 Å². The normalized spacial score (nSPS) is 15.9. The van der Waals surface area contributed by atoms with E-state index in [1.165, 1.54) is 34.6 Å². The van der Waals surface area contributed by atoms with Crippen LogP contribution in [0.2, 0.25) is 0 Å². The lowest BCUT2D eigenvalue weighted by molar-refractivity contribution is -0.136. The highest BCUT2D eigenvalue weighted by Gasteiger charge is 2.37. The molecule has 0 aromatic heterocycles. The summed E-state index contributed by atoms with van der Waals surface area (Å²) in [5.74, 6) is -12.6. The molecule has 0 spiro atoms. The highest BCUT2D eigenvalue weighted by molar-refractivity contribution is 6.00. The van der Waals surface area contributed by atoms with Crippen molar-refractivity contribution < 1.29 is 71.9 Å². The van der Waals surface area contributed by atoms with Crippen LogP contribution in [-0.2, 0) is 71.9 Å². The molecule has 23 N–H and O–H groups in total. The molecule has 0 rings (SSSR count). The van der Waals surface area contributed by atoms with Crippen molar-refractivity contribution in [3.05, 3.63) is 0 Å². The molecule has 15 unspecified atom stereocenters. The Bertz CT molecular complexity index is 2720. The zero-order chi connectivity index (χ0) is 77.0. The van der Waals surface area contributed by atoms with Gasteiger partial charge in [-0.3, -0.25) is 71.9 Å². The summed E-state index contributed by atoms with van der Waals surface area (Å²) in [7, 11) is 0. The molecule has 0 bridgehead atoms. The molecule has 0 aromatic rings. The van der Waals surface area contributed by atoms with E-state index in [9.17, 15) is 71.9 Å². The number of carbonyl (C=O) groups excluding carboxylic acids is 15. The first kappa shape index (κ1) is 91.9. The number of amides is 15. The zero-order valence-electron chi connectivity index (χ0n) is 62.2.